The molecule has 1 aromatic carbocycles. The first-order chi connectivity index (χ1) is 15.8. The second-order valence-corrected chi connectivity index (χ2v) is 7.17. The maximum atomic E-state index is 5.63. The quantitative estimate of drug-likeness (QED) is 0.475. The molecule has 0 bridgehead atoms. The van der Waals surface area contributed by atoms with Crippen LogP contribution >= 0.6 is 0 Å². The Labute approximate surface area is 187 Å². The van der Waals surface area contributed by atoms with Gasteiger partial charge in [0.25, 0.3) is 0 Å². The summed E-state index contributed by atoms with van der Waals surface area (Å²) in [5, 5.41) is 4.33. The molecule has 0 amide bonds. The third kappa shape index (κ3) is 5.54. The van der Waals surface area contributed by atoms with Crippen LogP contribution in [0.25, 0.3) is 0 Å². The van der Waals surface area contributed by atoms with Gasteiger partial charge in [-0.3, -0.25) is 0 Å². The summed E-state index contributed by atoms with van der Waals surface area (Å²) >= 11 is 0. The van der Waals surface area contributed by atoms with Crippen LogP contribution in [0.2, 0.25) is 0 Å². The normalized spacial score (nSPS) is 16.9. The fourth-order valence-electron chi connectivity index (χ4n) is 3.42. The van der Waals surface area contributed by atoms with E-state index in [0.29, 0.717) is 62.4 Å². The van der Waals surface area contributed by atoms with Crippen molar-refractivity contribution in [3.63, 3.8) is 0 Å². The Morgan fingerprint density at radius 1 is 0.969 bits per heavy atom. The highest BCUT2D eigenvalue weighted by Gasteiger charge is 2.20. The van der Waals surface area contributed by atoms with Crippen molar-refractivity contribution in [3.05, 3.63) is 23.8 Å². The number of methoxy groups -OCH3 is 1. The molecule has 0 saturated carbocycles. The zero-order valence-electron chi connectivity index (χ0n) is 18.5. The summed E-state index contributed by atoms with van der Waals surface area (Å²) in [5.74, 6) is 2.97. The highest BCUT2D eigenvalue weighted by molar-refractivity contribution is 5.81. The minimum atomic E-state index is 0.387. The van der Waals surface area contributed by atoms with E-state index in [1.807, 2.05) is 25.1 Å². The van der Waals surface area contributed by atoms with E-state index in [1.165, 1.54) is 0 Å². The standard InChI is InChI=1S/C21H29N7O4/c1-3-32-18-14-16(4-5-17(18)29-2)15-22-26-19-23-20(27-6-10-30-11-7-27)25-21(24-19)28-8-12-31-13-9-28/h4-5,14-15H,3,6-13H2,1-2H3,(H,23,24,25,26)/b22-15-. The van der Waals surface area contributed by atoms with Gasteiger partial charge >= 0.3 is 0 Å². The summed E-state index contributed by atoms with van der Waals surface area (Å²) in [6, 6.07) is 5.62. The van der Waals surface area contributed by atoms with E-state index < -0.39 is 0 Å². The van der Waals surface area contributed by atoms with E-state index in [9.17, 15) is 0 Å². The smallest absolute Gasteiger partial charge is 0.250 e. The number of ether oxygens (including phenoxy) is 4. The van der Waals surface area contributed by atoms with Gasteiger partial charge in [-0.1, -0.05) is 0 Å². The summed E-state index contributed by atoms with van der Waals surface area (Å²) in [6.45, 7) is 8.04. The highest BCUT2D eigenvalue weighted by Crippen LogP contribution is 2.27. The second-order valence-electron chi connectivity index (χ2n) is 7.17. The molecule has 0 spiro atoms. The fourth-order valence-corrected chi connectivity index (χ4v) is 3.42. The van der Waals surface area contributed by atoms with Crippen LogP contribution in [0.1, 0.15) is 12.5 Å². The summed E-state index contributed by atoms with van der Waals surface area (Å²) in [7, 11) is 1.62. The third-order valence-electron chi connectivity index (χ3n) is 5.07. The average Bonchev–Trinajstić information content (AvgIpc) is 2.85. The van der Waals surface area contributed by atoms with E-state index in [0.717, 1.165) is 31.7 Å². The summed E-state index contributed by atoms with van der Waals surface area (Å²) < 4.78 is 21.9. The van der Waals surface area contributed by atoms with Gasteiger partial charge in [0.15, 0.2) is 11.5 Å². The molecule has 1 aromatic heterocycles. The molecule has 2 saturated heterocycles. The molecule has 0 aliphatic carbocycles. The molecule has 1 N–H and O–H groups in total. The van der Waals surface area contributed by atoms with Crippen molar-refractivity contribution in [2.45, 2.75) is 6.92 Å². The fraction of sp³-hybridized carbons (Fsp3) is 0.524. The summed E-state index contributed by atoms with van der Waals surface area (Å²) in [5.41, 5.74) is 3.81. The molecule has 2 aliphatic heterocycles. The molecule has 4 rings (SSSR count). The molecule has 0 radical (unpaired) electrons. The van der Waals surface area contributed by atoms with Gasteiger partial charge in [0.2, 0.25) is 17.8 Å². The van der Waals surface area contributed by atoms with Crippen LogP contribution in [-0.4, -0.2) is 87.5 Å². The van der Waals surface area contributed by atoms with Crippen LogP contribution in [0.5, 0.6) is 11.5 Å². The lowest BCUT2D eigenvalue weighted by Crippen LogP contribution is -2.40. The highest BCUT2D eigenvalue weighted by atomic mass is 16.5. The summed E-state index contributed by atoms with van der Waals surface area (Å²) in [4.78, 5) is 18.0. The minimum Gasteiger partial charge on any atom is -0.493 e. The molecule has 2 aromatic rings. The van der Waals surface area contributed by atoms with E-state index in [-0.39, 0.29) is 0 Å². The lowest BCUT2D eigenvalue weighted by molar-refractivity contribution is 0.121. The van der Waals surface area contributed by atoms with Gasteiger partial charge in [0, 0.05) is 26.2 Å². The molecule has 2 aliphatic rings. The van der Waals surface area contributed by atoms with Crippen molar-refractivity contribution >= 4 is 24.1 Å². The summed E-state index contributed by atoms with van der Waals surface area (Å²) in [6.07, 6.45) is 1.69. The first-order valence-electron chi connectivity index (χ1n) is 10.8. The second kappa shape index (κ2) is 10.9. The van der Waals surface area contributed by atoms with Crippen molar-refractivity contribution in [1.29, 1.82) is 0 Å². The lowest BCUT2D eigenvalue weighted by Gasteiger charge is -2.30. The Balaban J connectivity index is 1.53. The number of nitrogens with zero attached hydrogens (tertiary/aromatic N) is 6. The number of morpholine rings is 2. The average molecular weight is 444 g/mol. The van der Waals surface area contributed by atoms with Crippen molar-refractivity contribution < 1.29 is 18.9 Å². The van der Waals surface area contributed by atoms with Crippen LogP contribution < -0.4 is 24.7 Å². The number of rotatable bonds is 8. The van der Waals surface area contributed by atoms with Crippen LogP contribution in [0.15, 0.2) is 23.3 Å². The number of aromatic nitrogens is 3. The number of nitrogens with one attached hydrogen (secondary N) is 1. The topological polar surface area (TPSA) is 106 Å². The largest absolute Gasteiger partial charge is 0.493 e. The van der Waals surface area contributed by atoms with E-state index in [2.05, 4.69) is 30.3 Å². The molecule has 172 valence electrons. The maximum Gasteiger partial charge on any atom is 0.250 e. The molecule has 0 atom stereocenters. The van der Waals surface area contributed by atoms with Crippen molar-refractivity contribution in [1.82, 2.24) is 15.0 Å². The maximum absolute atomic E-state index is 5.63. The van der Waals surface area contributed by atoms with Gasteiger partial charge in [-0.2, -0.15) is 20.1 Å². The molecular weight excluding hydrogens is 414 g/mol. The Morgan fingerprint density at radius 2 is 1.59 bits per heavy atom. The Morgan fingerprint density at radius 3 is 2.16 bits per heavy atom. The predicted molar refractivity (Wildman–Crippen MR) is 121 cm³/mol. The number of hydrogen-bond donors (Lipinski definition) is 1. The van der Waals surface area contributed by atoms with Gasteiger partial charge in [-0.15, -0.1) is 0 Å². The predicted octanol–water partition coefficient (Wildman–Crippen LogP) is 1.40. The van der Waals surface area contributed by atoms with Crippen LogP contribution in [0, 0.1) is 0 Å². The van der Waals surface area contributed by atoms with E-state index >= 15 is 0 Å². The molecule has 3 heterocycles. The number of benzene rings is 1. The Kier molecular flexibility index (Phi) is 7.51. The first kappa shape index (κ1) is 22.0. The van der Waals surface area contributed by atoms with E-state index in [1.54, 1.807) is 13.3 Å². The van der Waals surface area contributed by atoms with Crippen LogP contribution in [-0.2, 0) is 9.47 Å². The van der Waals surface area contributed by atoms with Gasteiger partial charge in [-0.25, -0.2) is 5.43 Å². The van der Waals surface area contributed by atoms with Gasteiger partial charge in [0.1, 0.15) is 0 Å². The molecular formula is C21H29N7O4. The number of anilines is 3. The molecule has 32 heavy (non-hydrogen) atoms. The van der Waals surface area contributed by atoms with Gasteiger partial charge in [0.05, 0.1) is 46.4 Å². The van der Waals surface area contributed by atoms with Crippen LogP contribution in [0.3, 0.4) is 0 Å². The molecule has 11 nitrogen and oxygen atoms in total. The lowest BCUT2D eigenvalue weighted by atomic mass is 10.2. The zero-order valence-corrected chi connectivity index (χ0v) is 18.5. The Bertz CT molecular complexity index is 879. The first-order valence-corrected chi connectivity index (χ1v) is 10.8. The minimum absolute atomic E-state index is 0.387. The van der Waals surface area contributed by atoms with E-state index in [4.69, 9.17) is 23.9 Å². The SMILES string of the molecule is CCOc1cc(/C=N\Nc2nc(N3CCOCC3)nc(N3CCOCC3)n2)ccc1OC. The molecule has 2 fully saturated rings. The Hall–Kier alpha value is -3.18. The van der Waals surface area contributed by atoms with Crippen molar-refractivity contribution in [2.24, 2.45) is 5.10 Å². The van der Waals surface area contributed by atoms with Gasteiger partial charge < -0.3 is 28.7 Å². The molecule has 11 heteroatoms. The monoisotopic (exact) mass is 443 g/mol. The number of hydrazone groups is 1. The molecule has 0 unspecified atom stereocenters. The third-order valence-corrected chi connectivity index (χ3v) is 5.07. The number of hydrogen-bond acceptors (Lipinski definition) is 11. The van der Waals surface area contributed by atoms with Crippen molar-refractivity contribution in [3.8, 4) is 11.5 Å². The van der Waals surface area contributed by atoms with Crippen LogP contribution in [0.4, 0.5) is 17.8 Å². The zero-order chi connectivity index (χ0) is 22.2. The van der Waals surface area contributed by atoms with Crippen molar-refractivity contribution in [2.75, 3.05) is 81.5 Å². The van der Waals surface area contributed by atoms with Gasteiger partial charge in [-0.05, 0) is 30.7 Å².